The molecule has 0 N–H and O–H groups in total. The van der Waals surface area contributed by atoms with E-state index >= 15 is 0 Å². The molecule has 3 heterocycles. The molecule has 0 bridgehead atoms. The average molecular weight is 270 g/mol. The Hall–Kier alpha value is -0.0300. The molecular weight excluding hydrogens is 248 g/mol. The van der Waals surface area contributed by atoms with Crippen LogP contribution in [0.25, 0.3) is 0 Å². The number of hydrogen-bond donors (Lipinski definition) is 0. The Morgan fingerprint density at radius 3 is 2.47 bits per heavy atom. The van der Waals surface area contributed by atoms with E-state index in [0.717, 1.165) is 0 Å². The summed E-state index contributed by atoms with van der Waals surface area (Å²) in [5.41, 5.74) is 0.348. The van der Waals surface area contributed by atoms with Gasteiger partial charge >= 0.3 is 0 Å². The summed E-state index contributed by atoms with van der Waals surface area (Å²) in [7, 11) is 4.48. The summed E-state index contributed by atoms with van der Waals surface area (Å²) in [5, 5.41) is 2.24. The highest BCUT2D eigenvalue weighted by atomic mass is 32.2. The summed E-state index contributed by atoms with van der Waals surface area (Å²) in [5.74, 6) is 0. The zero-order valence-electron chi connectivity index (χ0n) is 11.2. The van der Waals surface area contributed by atoms with Gasteiger partial charge in [0.05, 0.1) is 5.54 Å². The molecule has 1 fully saturated rings. The van der Waals surface area contributed by atoms with Gasteiger partial charge in [-0.05, 0) is 63.4 Å². The fourth-order valence-corrected chi connectivity index (χ4v) is 5.25. The van der Waals surface area contributed by atoms with E-state index in [-0.39, 0.29) is 0 Å². The second-order valence-electron chi connectivity index (χ2n) is 4.54. The van der Waals surface area contributed by atoms with Crippen LogP contribution in [0.15, 0.2) is 16.3 Å². The Bertz CT molecular complexity index is 367. The Labute approximate surface area is 113 Å². The van der Waals surface area contributed by atoms with Crippen molar-refractivity contribution in [1.82, 2.24) is 9.21 Å². The van der Waals surface area contributed by atoms with Crippen LogP contribution in [-0.4, -0.2) is 36.4 Å². The third-order valence-corrected chi connectivity index (χ3v) is 6.10. The number of rotatable bonds is 0. The number of hydrogen-bond acceptors (Lipinski definition) is 4. The van der Waals surface area contributed by atoms with Crippen molar-refractivity contribution in [2.24, 2.45) is 0 Å². The SMILES string of the molecule is CC.CN1CCC2(CC1)c1sccc1SN2C. The minimum Gasteiger partial charge on any atom is -0.306 e. The monoisotopic (exact) mass is 270 g/mol. The van der Waals surface area contributed by atoms with Crippen LogP contribution >= 0.6 is 23.3 Å². The molecule has 4 heteroatoms. The first-order chi connectivity index (χ1) is 8.22. The van der Waals surface area contributed by atoms with E-state index in [1.54, 1.807) is 4.88 Å². The normalized spacial score (nSPS) is 23.3. The molecule has 2 aliphatic heterocycles. The second-order valence-corrected chi connectivity index (χ2v) is 6.62. The Morgan fingerprint density at radius 1 is 1.18 bits per heavy atom. The molecule has 0 saturated carbocycles. The first kappa shape index (κ1) is 13.4. The van der Waals surface area contributed by atoms with Crippen molar-refractivity contribution in [2.75, 3.05) is 27.2 Å². The van der Waals surface area contributed by atoms with Crippen LogP contribution in [0, 0.1) is 0 Å². The minimum absolute atomic E-state index is 0.348. The number of nitrogens with zero attached hydrogens (tertiary/aromatic N) is 2. The summed E-state index contributed by atoms with van der Waals surface area (Å²) in [4.78, 5) is 5.55. The largest absolute Gasteiger partial charge is 0.306 e. The number of likely N-dealkylation sites (tertiary alicyclic amines) is 1. The predicted octanol–water partition coefficient (Wildman–Crippen LogP) is 3.65. The third-order valence-electron chi connectivity index (χ3n) is 3.70. The first-order valence-corrected chi connectivity index (χ1v) is 8.06. The molecule has 3 rings (SSSR count). The summed E-state index contributed by atoms with van der Waals surface area (Å²) in [6, 6.07) is 2.27. The van der Waals surface area contributed by atoms with Crippen molar-refractivity contribution in [1.29, 1.82) is 0 Å². The van der Waals surface area contributed by atoms with E-state index in [4.69, 9.17) is 0 Å². The maximum absolute atomic E-state index is 2.49. The van der Waals surface area contributed by atoms with E-state index in [2.05, 4.69) is 34.7 Å². The molecule has 2 nitrogen and oxygen atoms in total. The van der Waals surface area contributed by atoms with Crippen molar-refractivity contribution >= 4 is 23.3 Å². The smallest absolute Gasteiger partial charge is 0.0690 e. The van der Waals surface area contributed by atoms with Crippen molar-refractivity contribution in [2.45, 2.75) is 37.1 Å². The van der Waals surface area contributed by atoms with E-state index in [1.807, 2.05) is 37.1 Å². The predicted molar refractivity (Wildman–Crippen MR) is 77.7 cm³/mol. The van der Waals surface area contributed by atoms with E-state index < -0.39 is 0 Å². The van der Waals surface area contributed by atoms with E-state index in [0.29, 0.717) is 5.54 Å². The molecule has 1 aromatic rings. The van der Waals surface area contributed by atoms with Gasteiger partial charge in [-0.25, -0.2) is 4.31 Å². The van der Waals surface area contributed by atoms with Gasteiger partial charge in [-0.3, -0.25) is 0 Å². The molecule has 1 spiro atoms. The maximum Gasteiger partial charge on any atom is 0.0690 e. The van der Waals surface area contributed by atoms with Crippen LogP contribution in [0.2, 0.25) is 0 Å². The molecule has 1 aromatic heterocycles. The number of piperidine rings is 1. The van der Waals surface area contributed by atoms with Gasteiger partial charge in [-0.1, -0.05) is 13.8 Å². The lowest BCUT2D eigenvalue weighted by Crippen LogP contribution is -2.45. The highest BCUT2D eigenvalue weighted by Gasteiger charge is 2.46. The third kappa shape index (κ3) is 2.16. The molecule has 1 saturated heterocycles. The molecule has 0 aliphatic carbocycles. The maximum atomic E-state index is 2.49. The lowest BCUT2D eigenvalue weighted by atomic mass is 9.86. The van der Waals surface area contributed by atoms with Gasteiger partial charge < -0.3 is 4.90 Å². The standard InChI is InChI=1S/C11H16N2S2.C2H6/c1-12-6-4-11(5-7-12)10-9(3-8-14-10)15-13(11)2;1-2/h3,8H,4-7H2,1-2H3;1-2H3. The fraction of sp³-hybridized carbons (Fsp3) is 0.692. The molecule has 0 radical (unpaired) electrons. The van der Waals surface area contributed by atoms with Crippen LogP contribution in [0.3, 0.4) is 0 Å². The first-order valence-electron chi connectivity index (χ1n) is 6.41. The van der Waals surface area contributed by atoms with Gasteiger partial charge in [0, 0.05) is 9.77 Å². The van der Waals surface area contributed by atoms with Crippen molar-refractivity contribution < 1.29 is 0 Å². The summed E-state index contributed by atoms with van der Waals surface area (Å²) in [6.45, 7) is 6.45. The number of thiophene rings is 1. The highest BCUT2D eigenvalue weighted by Crippen LogP contribution is 2.54. The molecule has 96 valence electrons. The summed E-state index contributed by atoms with van der Waals surface area (Å²) >= 11 is 3.87. The molecular formula is C13H22N2S2. The molecule has 0 amide bonds. The van der Waals surface area contributed by atoms with Crippen LogP contribution in [-0.2, 0) is 5.54 Å². The summed E-state index contributed by atoms with van der Waals surface area (Å²) < 4.78 is 2.49. The van der Waals surface area contributed by atoms with Crippen LogP contribution in [0.5, 0.6) is 0 Å². The minimum atomic E-state index is 0.348. The molecule has 17 heavy (non-hydrogen) atoms. The van der Waals surface area contributed by atoms with Gasteiger partial charge in [0.2, 0.25) is 0 Å². The van der Waals surface area contributed by atoms with Crippen molar-refractivity contribution in [3.8, 4) is 0 Å². The zero-order valence-corrected chi connectivity index (χ0v) is 12.8. The second kappa shape index (κ2) is 5.31. The summed E-state index contributed by atoms with van der Waals surface area (Å²) in [6.07, 6.45) is 2.56. The van der Waals surface area contributed by atoms with Gasteiger partial charge in [-0.2, -0.15) is 0 Å². The number of fused-ring (bicyclic) bond motifs is 2. The zero-order chi connectivity index (χ0) is 12.5. The molecule has 0 aromatic carbocycles. The Kier molecular flexibility index (Phi) is 4.18. The topological polar surface area (TPSA) is 6.48 Å². The molecule has 0 unspecified atom stereocenters. The lowest BCUT2D eigenvalue weighted by Gasteiger charge is -2.41. The van der Waals surface area contributed by atoms with Crippen LogP contribution in [0.4, 0.5) is 0 Å². The van der Waals surface area contributed by atoms with Crippen molar-refractivity contribution in [3.05, 3.63) is 16.3 Å². The molecule has 2 aliphatic rings. The Morgan fingerprint density at radius 2 is 1.82 bits per heavy atom. The van der Waals surface area contributed by atoms with Gasteiger partial charge in [0.25, 0.3) is 0 Å². The van der Waals surface area contributed by atoms with Crippen LogP contribution < -0.4 is 0 Å². The van der Waals surface area contributed by atoms with E-state index in [1.165, 1.54) is 30.8 Å². The molecule has 0 atom stereocenters. The van der Waals surface area contributed by atoms with Gasteiger partial charge in [0.15, 0.2) is 0 Å². The lowest BCUT2D eigenvalue weighted by molar-refractivity contribution is 0.118. The van der Waals surface area contributed by atoms with Crippen molar-refractivity contribution in [3.63, 3.8) is 0 Å². The van der Waals surface area contributed by atoms with Gasteiger partial charge in [-0.15, -0.1) is 11.3 Å². The highest BCUT2D eigenvalue weighted by molar-refractivity contribution is 7.97. The van der Waals surface area contributed by atoms with Crippen LogP contribution in [0.1, 0.15) is 31.6 Å². The Balaban J connectivity index is 0.000000514. The average Bonchev–Trinajstić information content (AvgIpc) is 2.89. The van der Waals surface area contributed by atoms with Gasteiger partial charge in [0.1, 0.15) is 0 Å². The fourth-order valence-electron chi connectivity index (χ4n) is 2.62. The quantitative estimate of drug-likeness (QED) is 0.665. The van der Waals surface area contributed by atoms with E-state index in [9.17, 15) is 0 Å².